The number of ether oxygens (including phenoxy) is 1. The van der Waals surface area contributed by atoms with Gasteiger partial charge in [0.15, 0.2) is 9.84 Å². The van der Waals surface area contributed by atoms with Crippen LogP contribution in [0.4, 0.5) is 0 Å². The number of hydrogen-bond acceptors (Lipinski definition) is 5. The highest BCUT2D eigenvalue weighted by Crippen LogP contribution is 2.61. The number of benzene rings is 1. The van der Waals surface area contributed by atoms with Crippen LogP contribution in [0.25, 0.3) is 0 Å². The van der Waals surface area contributed by atoms with Crippen LogP contribution < -0.4 is 10.5 Å². The molecule has 0 aromatic heterocycles. The van der Waals surface area contributed by atoms with Crippen LogP contribution in [0, 0.1) is 5.41 Å². The Balaban J connectivity index is 2.37. The Bertz CT molecular complexity index is 549. The monoisotopic (exact) mass is 285 g/mol. The van der Waals surface area contributed by atoms with Gasteiger partial charge in [-0.2, -0.15) is 0 Å². The standard InChI is InChI=1S/C13H19NO4S/c1-18-10-5-3-9(4-6-10)11-12(19(2,16)17)13(11,7-14)8-15/h3-6,11-12,15H,7-8,14H2,1-2H3/t11-,12-,13+/m1/s1. The molecule has 3 N–H and O–H groups in total. The first-order valence-electron chi connectivity index (χ1n) is 6.04. The molecule has 0 amide bonds. The van der Waals surface area contributed by atoms with Crippen molar-refractivity contribution in [3.63, 3.8) is 0 Å². The van der Waals surface area contributed by atoms with Crippen molar-refractivity contribution in [2.24, 2.45) is 11.1 Å². The summed E-state index contributed by atoms with van der Waals surface area (Å²) in [6, 6.07) is 7.22. The molecule has 0 unspecified atom stereocenters. The molecule has 5 nitrogen and oxygen atoms in total. The highest BCUT2D eigenvalue weighted by Gasteiger charge is 2.68. The largest absolute Gasteiger partial charge is 0.497 e. The van der Waals surface area contributed by atoms with Gasteiger partial charge in [0, 0.05) is 24.1 Å². The molecule has 0 bridgehead atoms. The SMILES string of the molecule is COc1ccc([C@@H]2[C@@H](S(C)(=O)=O)[C@@]2(CN)CO)cc1. The van der Waals surface area contributed by atoms with Gasteiger partial charge in [-0.15, -0.1) is 0 Å². The molecule has 0 spiro atoms. The van der Waals surface area contributed by atoms with Gasteiger partial charge >= 0.3 is 0 Å². The first kappa shape index (κ1) is 14.3. The molecule has 2 rings (SSSR count). The summed E-state index contributed by atoms with van der Waals surface area (Å²) in [4.78, 5) is 0. The summed E-state index contributed by atoms with van der Waals surface area (Å²) in [5, 5.41) is 8.95. The Hall–Kier alpha value is -1.11. The minimum Gasteiger partial charge on any atom is -0.497 e. The molecule has 19 heavy (non-hydrogen) atoms. The molecule has 106 valence electrons. The van der Waals surface area contributed by atoms with Crippen LogP contribution in [0.3, 0.4) is 0 Å². The molecule has 0 saturated heterocycles. The fourth-order valence-corrected chi connectivity index (χ4v) is 4.95. The first-order chi connectivity index (χ1) is 8.90. The Labute approximate surface area is 113 Å². The van der Waals surface area contributed by atoms with E-state index in [1.54, 1.807) is 19.2 Å². The summed E-state index contributed by atoms with van der Waals surface area (Å²) >= 11 is 0. The van der Waals surface area contributed by atoms with Crippen molar-refractivity contribution in [2.45, 2.75) is 11.2 Å². The average molecular weight is 285 g/mol. The Morgan fingerprint density at radius 2 is 1.95 bits per heavy atom. The Morgan fingerprint density at radius 3 is 2.26 bits per heavy atom. The topological polar surface area (TPSA) is 89.6 Å². The molecule has 6 heteroatoms. The third-order valence-corrected chi connectivity index (χ3v) is 5.65. The van der Waals surface area contributed by atoms with E-state index in [1.807, 2.05) is 12.1 Å². The lowest BCUT2D eigenvalue weighted by molar-refractivity contribution is 0.212. The quantitative estimate of drug-likeness (QED) is 0.803. The highest BCUT2D eigenvalue weighted by atomic mass is 32.2. The zero-order chi connectivity index (χ0) is 14.3. The van der Waals surface area contributed by atoms with Gasteiger partial charge in [0.25, 0.3) is 0 Å². The maximum atomic E-state index is 11.8. The van der Waals surface area contributed by atoms with E-state index in [1.165, 1.54) is 6.26 Å². The third kappa shape index (κ3) is 2.24. The summed E-state index contributed by atoms with van der Waals surface area (Å²) in [7, 11) is -1.67. The fraction of sp³-hybridized carbons (Fsp3) is 0.538. The van der Waals surface area contributed by atoms with E-state index in [0.29, 0.717) is 5.75 Å². The number of rotatable bonds is 5. The van der Waals surface area contributed by atoms with Gasteiger partial charge < -0.3 is 15.6 Å². The highest BCUT2D eigenvalue weighted by molar-refractivity contribution is 7.91. The van der Waals surface area contributed by atoms with Crippen molar-refractivity contribution in [3.05, 3.63) is 29.8 Å². The van der Waals surface area contributed by atoms with Crippen LogP contribution in [0.1, 0.15) is 11.5 Å². The van der Waals surface area contributed by atoms with E-state index in [2.05, 4.69) is 0 Å². The molecule has 1 fully saturated rings. The van der Waals surface area contributed by atoms with Gasteiger partial charge in [-0.05, 0) is 17.7 Å². The van der Waals surface area contributed by atoms with Gasteiger partial charge in [-0.3, -0.25) is 0 Å². The summed E-state index contributed by atoms with van der Waals surface area (Å²) < 4.78 is 28.8. The lowest BCUT2D eigenvalue weighted by Crippen LogP contribution is -2.27. The smallest absolute Gasteiger partial charge is 0.151 e. The second-order valence-corrected chi connectivity index (χ2v) is 7.26. The van der Waals surface area contributed by atoms with Crippen molar-refractivity contribution in [2.75, 3.05) is 26.5 Å². The maximum Gasteiger partial charge on any atom is 0.151 e. The van der Waals surface area contributed by atoms with Crippen LogP contribution in [-0.2, 0) is 9.84 Å². The summed E-state index contributed by atoms with van der Waals surface area (Å²) in [5.74, 6) is 0.464. The van der Waals surface area contributed by atoms with Gasteiger partial charge in [-0.1, -0.05) is 12.1 Å². The van der Waals surface area contributed by atoms with Gasteiger partial charge in [0.05, 0.1) is 19.0 Å². The third-order valence-electron chi connectivity index (χ3n) is 3.99. The second-order valence-electron chi connectivity index (χ2n) is 5.10. The maximum absolute atomic E-state index is 11.8. The van der Waals surface area contributed by atoms with Crippen molar-refractivity contribution < 1.29 is 18.3 Å². The number of aliphatic hydroxyl groups is 1. The second kappa shape index (κ2) is 4.77. The van der Waals surface area contributed by atoms with E-state index in [9.17, 15) is 13.5 Å². The molecule has 0 radical (unpaired) electrons. The molecule has 1 aromatic carbocycles. The molecule has 1 saturated carbocycles. The number of nitrogens with two attached hydrogens (primary N) is 1. The average Bonchev–Trinajstić information content (AvgIpc) is 3.09. The van der Waals surface area contributed by atoms with Crippen molar-refractivity contribution in [1.82, 2.24) is 0 Å². The predicted molar refractivity (Wildman–Crippen MR) is 72.9 cm³/mol. The van der Waals surface area contributed by atoms with Gasteiger partial charge in [0.2, 0.25) is 0 Å². The van der Waals surface area contributed by atoms with Gasteiger partial charge in [0.1, 0.15) is 5.75 Å². The van der Waals surface area contributed by atoms with Crippen LogP contribution in [0.2, 0.25) is 0 Å². The molecule has 0 heterocycles. The van der Waals surface area contributed by atoms with E-state index in [4.69, 9.17) is 10.5 Å². The Morgan fingerprint density at radius 1 is 1.37 bits per heavy atom. The van der Waals surface area contributed by atoms with Crippen LogP contribution in [0.15, 0.2) is 24.3 Å². The minimum atomic E-state index is -3.25. The van der Waals surface area contributed by atoms with E-state index >= 15 is 0 Å². The number of hydrogen-bond donors (Lipinski definition) is 2. The minimum absolute atomic E-state index is 0.151. The molecule has 0 aliphatic heterocycles. The van der Waals surface area contributed by atoms with E-state index in [-0.39, 0.29) is 19.1 Å². The van der Waals surface area contributed by atoms with E-state index < -0.39 is 20.5 Å². The first-order valence-corrected chi connectivity index (χ1v) is 8.00. The molecular formula is C13H19NO4S. The summed E-state index contributed by atoms with van der Waals surface area (Å²) in [5.41, 5.74) is 5.82. The lowest BCUT2D eigenvalue weighted by Gasteiger charge is -2.11. The predicted octanol–water partition coefficient (Wildman–Crippen LogP) is 0.143. The number of methoxy groups -OCH3 is 1. The van der Waals surface area contributed by atoms with E-state index in [0.717, 1.165) is 5.56 Å². The zero-order valence-electron chi connectivity index (χ0n) is 11.0. The fourth-order valence-electron chi connectivity index (χ4n) is 2.94. The van der Waals surface area contributed by atoms with Crippen LogP contribution in [-0.4, -0.2) is 45.3 Å². The number of aliphatic hydroxyl groups excluding tert-OH is 1. The van der Waals surface area contributed by atoms with Crippen molar-refractivity contribution in [3.8, 4) is 5.75 Å². The lowest BCUT2D eigenvalue weighted by atomic mass is 10.00. The van der Waals surface area contributed by atoms with Gasteiger partial charge in [-0.25, -0.2) is 8.42 Å². The zero-order valence-corrected chi connectivity index (χ0v) is 11.9. The number of sulfone groups is 1. The summed E-state index contributed by atoms with van der Waals surface area (Å²) in [6.45, 7) is -0.0735. The Kier molecular flexibility index (Phi) is 3.59. The molecule has 1 aromatic rings. The molecule has 1 aliphatic carbocycles. The summed E-state index contributed by atoms with van der Waals surface area (Å²) in [6.07, 6.45) is 1.20. The van der Waals surface area contributed by atoms with Crippen LogP contribution in [0.5, 0.6) is 5.75 Å². The molecule has 1 aliphatic rings. The van der Waals surface area contributed by atoms with Crippen molar-refractivity contribution in [1.29, 1.82) is 0 Å². The molecule has 3 atom stereocenters. The van der Waals surface area contributed by atoms with Crippen LogP contribution >= 0.6 is 0 Å². The van der Waals surface area contributed by atoms with Crippen molar-refractivity contribution >= 4 is 9.84 Å². The normalized spacial score (nSPS) is 30.1. The molecular weight excluding hydrogens is 266 g/mol.